The molecule has 6 N–H and O–H groups in total. The van der Waals surface area contributed by atoms with Crippen molar-refractivity contribution in [1.29, 1.82) is 0 Å². The van der Waals surface area contributed by atoms with Gasteiger partial charge in [-0.1, -0.05) is 48.5 Å². The molecule has 0 aliphatic carbocycles. The van der Waals surface area contributed by atoms with E-state index in [0.717, 1.165) is 5.56 Å². The van der Waals surface area contributed by atoms with Gasteiger partial charge in [-0.2, -0.15) is 0 Å². The summed E-state index contributed by atoms with van der Waals surface area (Å²) in [5, 5.41) is 13.8. The molecule has 210 valence electrons. The van der Waals surface area contributed by atoms with Gasteiger partial charge in [-0.15, -0.1) is 0 Å². The quantitative estimate of drug-likeness (QED) is 0.121. The van der Waals surface area contributed by atoms with Crippen molar-refractivity contribution in [3.8, 4) is 5.75 Å². The number of carbonyl (C=O) groups is 4. The maximum absolute atomic E-state index is 13.2. The number of anilines is 1. The third kappa shape index (κ3) is 8.58. The maximum Gasteiger partial charge on any atom is 0.251 e. The number of H-pyrrole nitrogens is 1. The molecule has 40 heavy (non-hydrogen) atoms. The third-order valence-electron chi connectivity index (χ3n) is 6.18. The molecule has 4 rings (SSSR count). The predicted octanol–water partition coefficient (Wildman–Crippen LogP) is 0.855. The number of carbonyl (C=O) groups excluding carboxylic acids is 4. The standard InChI is InChI=1S/C28H33N7O5/c36-22(13-7-8-14-29-23(37)18-32-28-30-15-16-31-28)33-21(17-19-9-3-1-4-10-19)25(38)34-24-26(39)35-27(24)40-20-11-5-2-6-12-20/h1-6,9-12,15-16,21,24,27H,7-8,13-14,17-18H2,(H,29,37)(H,33,36)(H,34,38)(H,35,39)(H2,30,31,32). The van der Waals surface area contributed by atoms with Gasteiger partial charge in [0, 0.05) is 31.8 Å². The second kappa shape index (κ2) is 14.3. The van der Waals surface area contributed by atoms with E-state index in [2.05, 4.69) is 36.6 Å². The minimum absolute atomic E-state index is 0.0839. The zero-order chi connectivity index (χ0) is 28.2. The highest BCUT2D eigenvalue weighted by Crippen LogP contribution is 2.16. The number of rotatable bonds is 15. The van der Waals surface area contributed by atoms with Gasteiger partial charge in [0.05, 0.1) is 6.54 Å². The van der Waals surface area contributed by atoms with Gasteiger partial charge in [0.25, 0.3) is 5.91 Å². The van der Waals surface area contributed by atoms with Gasteiger partial charge in [-0.05, 0) is 30.5 Å². The van der Waals surface area contributed by atoms with Crippen LogP contribution in [0.25, 0.3) is 0 Å². The molecule has 3 aromatic rings. The fourth-order valence-corrected chi connectivity index (χ4v) is 4.05. The number of hydrogen-bond donors (Lipinski definition) is 6. The van der Waals surface area contributed by atoms with Crippen LogP contribution in [0.15, 0.2) is 73.1 Å². The van der Waals surface area contributed by atoms with Gasteiger partial charge in [0.1, 0.15) is 11.8 Å². The molecule has 0 spiro atoms. The van der Waals surface area contributed by atoms with Crippen molar-refractivity contribution < 1.29 is 23.9 Å². The fourth-order valence-electron chi connectivity index (χ4n) is 4.05. The lowest BCUT2D eigenvalue weighted by Gasteiger charge is -2.37. The van der Waals surface area contributed by atoms with Crippen molar-refractivity contribution in [2.45, 2.75) is 44.0 Å². The Balaban J connectivity index is 1.23. The number of amides is 4. The number of benzene rings is 2. The molecule has 1 aromatic heterocycles. The van der Waals surface area contributed by atoms with E-state index in [-0.39, 0.29) is 37.1 Å². The first-order valence-electron chi connectivity index (χ1n) is 13.1. The van der Waals surface area contributed by atoms with Crippen molar-refractivity contribution in [3.05, 3.63) is 78.6 Å². The smallest absolute Gasteiger partial charge is 0.251 e. The second-order valence-corrected chi connectivity index (χ2v) is 9.25. The SMILES string of the molecule is O=C(CNc1ncc[nH]1)NCCCCC(=O)NC(Cc1ccccc1)C(=O)NC1C(=O)NC1Oc1ccccc1. The first kappa shape index (κ1) is 28.1. The molecule has 1 saturated heterocycles. The number of aromatic nitrogens is 2. The molecule has 2 heterocycles. The number of ether oxygens (including phenoxy) is 1. The Hall–Kier alpha value is -4.87. The van der Waals surface area contributed by atoms with E-state index < -0.39 is 24.2 Å². The molecule has 1 aliphatic heterocycles. The monoisotopic (exact) mass is 547 g/mol. The molecule has 0 radical (unpaired) electrons. The minimum atomic E-state index is -0.881. The van der Waals surface area contributed by atoms with E-state index in [9.17, 15) is 19.2 Å². The van der Waals surface area contributed by atoms with Crippen LogP contribution in [0, 0.1) is 0 Å². The van der Waals surface area contributed by atoms with E-state index in [4.69, 9.17) is 4.74 Å². The van der Waals surface area contributed by atoms with Gasteiger partial charge < -0.3 is 36.3 Å². The predicted molar refractivity (Wildman–Crippen MR) is 147 cm³/mol. The third-order valence-corrected chi connectivity index (χ3v) is 6.18. The van der Waals surface area contributed by atoms with Gasteiger partial charge in [-0.3, -0.25) is 19.2 Å². The Morgan fingerprint density at radius 3 is 2.42 bits per heavy atom. The summed E-state index contributed by atoms with van der Waals surface area (Å²) in [7, 11) is 0. The van der Waals surface area contributed by atoms with E-state index >= 15 is 0 Å². The summed E-state index contributed by atoms with van der Waals surface area (Å²) >= 11 is 0. The maximum atomic E-state index is 13.2. The second-order valence-electron chi connectivity index (χ2n) is 9.25. The molecule has 3 unspecified atom stereocenters. The minimum Gasteiger partial charge on any atom is -0.468 e. The highest BCUT2D eigenvalue weighted by atomic mass is 16.5. The molecule has 4 amide bonds. The molecule has 3 atom stereocenters. The van der Waals surface area contributed by atoms with E-state index in [1.165, 1.54) is 0 Å². The summed E-state index contributed by atoms with van der Waals surface area (Å²) in [5.74, 6) is -0.244. The number of para-hydroxylation sites is 1. The number of nitrogens with one attached hydrogen (secondary N) is 6. The zero-order valence-corrected chi connectivity index (χ0v) is 21.9. The van der Waals surface area contributed by atoms with E-state index in [1.54, 1.807) is 24.5 Å². The first-order chi connectivity index (χ1) is 19.5. The molecule has 0 saturated carbocycles. The summed E-state index contributed by atoms with van der Waals surface area (Å²) in [6.07, 6.45) is 4.09. The number of β-lactam (4-membered cyclic amide) rings is 1. The molecule has 12 heteroatoms. The van der Waals surface area contributed by atoms with E-state index in [1.807, 2.05) is 48.5 Å². The molecular formula is C28H33N7O5. The summed E-state index contributed by atoms with van der Waals surface area (Å²) in [6.45, 7) is 0.500. The van der Waals surface area contributed by atoms with Gasteiger partial charge in [0.15, 0.2) is 6.04 Å². The van der Waals surface area contributed by atoms with Gasteiger partial charge in [0.2, 0.25) is 29.9 Å². The van der Waals surface area contributed by atoms with Gasteiger partial charge >= 0.3 is 0 Å². The number of imidazole rings is 1. The molecule has 12 nitrogen and oxygen atoms in total. The van der Waals surface area contributed by atoms with Crippen LogP contribution >= 0.6 is 0 Å². The average Bonchev–Trinajstić information content (AvgIpc) is 3.49. The van der Waals surface area contributed by atoms with E-state index in [0.29, 0.717) is 31.1 Å². The van der Waals surface area contributed by atoms with Crippen LogP contribution < -0.4 is 31.3 Å². The molecule has 1 fully saturated rings. The number of unbranched alkanes of at least 4 members (excludes halogenated alkanes) is 1. The Morgan fingerprint density at radius 1 is 0.975 bits per heavy atom. The Kier molecular flexibility index (Phi) is 10.1. The Labute approximate surface area is 231 Å². The van der Waals surface area contributed by atoms with Crippen LogP contribution in [0.1, 0.15) is 24.8 Å². The van der Waals surface area contributed by atoms with Crippen molar-refractivity contribution in [3.63, 3.8) is 0 Å². The highest BCUT2D eigenvalue weighted by Gasteiger charge is 2.43. The normalized spacial score (nSPS) is 16.6. The zero-order valence-electron chi connectivity index (χ0n) is 21.9. The molecule has 2 aromatic carbocycles. The lowest BCUT2D eigenvalue weighted by molar-refractivity contribution is -0.144. The Bertz CT molecular complexity index is 1250. The van der Waals surface area contributed by atoms with Crippen LogP contribution in [0.5, 0.6) is 5.75 Å². The van der Waals surface area contributed by atoms with Crippen LogP contribution in [-0.4, -0.2) is 65.0 Å². The number of aromatic amines is 1. The molecular weight excluding hydrogens is 514 g/mol. The topological polar surface area (TPSA) is 166 Å². The van der Waals surface area contributed by atoms with Crippen molar-refractivity contribution in [2.24, 2.45) is 0 Å². The van der Waals surface area contributed by atoms with Crippen LogP contribution in [-0.2, 0) is 25.6 Å². The number of hydrogen-bond acceptors (Lipinski definition) is 7. The van der Waals surface area contributed by atoms with Crippen LogP contribution in [0.2, 0.25) is 0 Å². The first-order valence-corrected chi connectivity index (χ1v) is 13.1. The lowest BCUT2D eigenvalue weighted by atomic mass is 10.0. The summed E-state index contributed by atoms with van der Waals surface area (Å²) in [4.78, 5) is 56.9. The van der Waals surface area contributed by atoms with Crippen molar-refractivity contribution in [1.82, 2.24) is 31.2 Å². The van der Waals surface area contributed by atoms with Gasteiger partial charge in [-0.25, -0.2) is 4.98 Å². The highest BCUT2D eigenvalue weighted by molar-refractivity contribution is 5.95. The largest absolute Gasteiger partial charge is 0.468 e. The summed E-state index contributed by atoms with van der Waals surface area (Å²) < 4.78 is 5.77. The molecule has 1 aliphatic rings. The molecule has 0 bridgehead atoms. The van der Waals surface area contributed by atoms with Crippen LogP contribution in [0.3, 0.4) is 0 Å². The Morgan fingerprint density at radius 2 is 1.73 bits per heavy atom. The summed E-state index contributed by atoms with van der Waals surface area (Å²) in [5.41, 5.74) is 0.865. The average molecular weight is 548 g/mol. The van der Waals surface area contributed by atoms with Crippen LogP contribution in [0.4, 0.5) is 5.95 Å². The number of nitrogens with zero attached hydrogens (tertiary/aromatic N) is 1. The van der Waals surface area contributed by atoms with Crippen molar-refractivity contribution >= 4 is 29.6 Å². The van der Waals surface area contributed by atoms with Crippen molar-refractivity contribution in [2.75, 3.05) is 18.4 Å². The summed E-state index contributed by atoms with van der Waals surface area (Å²) in [6, 6.07) is 16.5. The fraction of sp³-hybridized carbons (Fsp3) is 0.321. The lowest BCUT2D eigenvalue weighted by Crippen LogP contribution is -2.72.